The fourth-order valence-corrected chi connectivity index (χ4v) is 1.14. The summed E-state index contributed by atoms with van der Waals surface area (Å²) in [6, 6.07) is 0. The number of hydrogen-bond donors (Lipinski definition) is 1. The highest BCUT2D eigenvalue weighted by Crippen LogP contribution is 2.06. The predicted octanol–water partition coefficient (Wildman–Crippen LogP) is 0.266. The van der Waals surface area contributed by atoms with Crippen molar-refractivity contribution in [3.05, 3.63) is 23.4 Å². The van der Waals surface area contributed by atoms with E-state index in [1.54, 1.807) is 13.2 Å². The maximum atomic E-state index is 5.67. The lowest BCUT2D eigenvalue weighted by Gasteiger charge is -2.00. The number of nitrogens with zero attached hydrogens (tertiary/aromatic N) is 6. The molecule has 2 heterocycles. The van der Waals surface area contributed by atoms with Gasteiger partial charge in [-0.05, 0) is 5.21 Å². The summed E-state index contributed by atoms with van der Waals surface area (Å²) in [5.41, 5.74) is 0. The van der Waals surface area contributed by atoms with Crippen LogP contribution in [0.4, 0.5) is 5.82 Å². The molecular weight excluding hydrogens is 218 g/mol. The van der Waals surface area contributed by atoms with Gasteiger partial charge in [-0.25, -0.2) is 4.98 Å². The summed E-state index contributed by atoms with van der Waals surface area (Å²) in [6.45, 7) is 0.433. The molecule has 0 amide bonds. The summed E-state index contributed by atoms with van der Waals surface area (Å²) in [5.74, 6) is 1.16. The van der Waals surface area contributed by atoms with Crippen molar-refractivity contribution in [2.45, 2.75) is 6.54 Å². The van der Waals surface area contributed by atoms with E-state index in [0.29, 0.717) is 23.3 Å². The summed E-state index contributed by atoms with van der Waals surface area (Å²) in [4.78, 5) is 9.28. The molecule has 0 aromatic carbocycles. The van der Waals surface area contributed by atoms with E-state index < -0.39 is 0 Å². The summed E-state index contributed by atoms with van der Waals surface area (Å²) < 4.78 is 0. The molecule has 0 aliphatic carbocycles. The normalized spacial score (nSPS) is 10.3. The van der Waals surface area contributed by atoms with Crippen molar-refractivity contribution in [3.63, 3.8) is 0 Å². The Morgan fingerprint density at radius 3 is 3.00 bits per heavy atom. The quantitative estimate of drug-likeness (QED) is 0.807. The molecule has 2 rings (SSSR count). The second kappa shape index (κ2) is 4.18. The molecule has 0 unspecified atom stereocenters. The smallest absolute Gasteiger partial charge is 0.193 e. The van der Waals surface area contributed by atoms with Crippen LogP contribution in [-0.2, 0) is 13.6 Å². The lowest BCUT2D eigenvalue weighted by atomic mass is 10.5. The first-order valence-electron chi connectivity index (χ1n) is 4.18. The summed E-state index contributed by atoms with van der Waals surface area (Å²) in [6.07, 6.45) is 3.04. The van der Waals surface area contributed by atoms with Crippen LogP contribution < -0.4 is 5.32 Å². The molecule has 15 heavy (non-hydrogen) atoms. The Bertz CT molecular complexity index is 454. The molecule has 0 atom stereocenters. The van der Waals surface area contributed by atoms with Crippen molar-refractivity contribution in [2.24, 2.45) is 7.05 Å². The van der Waals surface area contributed by atoms with E-state index in [1.165, 1.54) is 11.0 Å². The topological polar surface area (TPSA) is 81.4 Å². The molecule has 0 saturated carbocycles. The largest absolute Gasteiger partial charge is 0.361 e. The molecule has 7 nitrogen and oxygen atoms in total. The van der Waals surface area contributed by atoms with Gasteiger partial charge in [0, 0.05) is 0 Å². The third-order valence-electron chi connectivity index (χ3n) is 1.58. The van der Waals surface area contributed by atoms with Gasteiger partial charge in [0.15, 0.2) is 5.82 Å². The van der Waals surface area contributed by atoms with Gasteiger partial charge in [-0.1, -0.05) is 11.6 Å². The van der Waals surface area contributed by atoms with Gasteiger partial charge in [-0.2, -0.15) is 4.80 Å². The van der Waals surface area contributed by atoms with Gasteiger partial charge in [-0.15, -0.1) is 10.2 Å². The lowest BCUT2D eigenvalue weighted by Crippen LogP contribution is -2.04. The Morgan fingerprint density at radius 2 is 2.33 bits per heavy atom. The predicted molar refractivity (Wildman–Crippen MR) is 53.2 cm³/mol. The Labute approximate surface area is 90.5 Å². The highest BCUT2D eigenvalue weighted by Gasteiger charge is 2.01. The zero-order valence-corrected chi connectivity index (χ0v) is 8.68. The summed E-state index contributed by atoms with van der Waals surface area (Å²) in [5, 5.41) is 14.8. The Kier molecular flexibility index (Phi) is 2.72. The standard InChI is InChI=1S/C7H8ClN7/c1-15-13-7(12-14-15)4-10-6-3-9-2-5(8)11-6/h2-3H,4H2,1H3,(H,10,11). The Balaban J connectivity index is 1.99. The molecule has 2 aromatic heterocycles. The minimum Gasteiger partial charge on any atom is -0.361 e. The first-order chi connectivity index (χ1) is 7.24. The minimum atomic E-state index is 0.340. The van der Waals surface area contributed by atoms with Crippen molar-refractivity contribution in [1.29, 1.82) is 0 Å². The molecule has 0 radical (unpaired) electrons. The zero-order chi connectivity index (χ0) is 10.7. The molecule has 0 saturated heterocycles. The van der Waals surface area contributed by atoms with Crippen LogP contribution in [0.1, 0.15) is 5.82 Å². The van der Waals surface area contributed by atoms with Gasteiger partial charge in [0.25, 0.3) is 0 Å². The Hall–Kier alpha value is -1.76. The van der Waals surface area contributed by atoms with Crippen molar-refractivity contribution in [3.8, 4) is 0 Å². The molecule has 0 aliphatic heterocycles. The number of halogens is 1. The zero-order valence-electron chi connectivity index (χ0n) is 7.92. The number of anilines is 1. The number of rotatable bonds is 3. The van der Waals surface area contributed by atoms with E-state index in [4.69, 9.17) is 11.6 Å². The van der Waals surface area contributed by atoms with Crippen molar-refractivity contribution in [1.82, 2.24) is 30.2 Å². The van der Waals surface area contributed by atoms with Crippen LogP contribution in [0.3, 0.4) is 0 Å². The third kappa shape index (κ3) is 2.59. The fraction of sp³-hybridized carbons (Fsp3) is 0.286. The van der Waals surface area contributed by atoms with Gasteiger partial charge in [-0.3, -0.25) is 4.98 Å². The highest BCUT2D eigenvalue weighted by atomic mass is 35.5. The average Bonchev–Trinajstić information content (AvgIpc) is 2.62. The number of aryl methyl sites for hydroxylation is 1. The van der Waals surface area contributed by atoms with E-state index in [2.05, 4.69) is 30.7 Å². The second-order valence-corrected chi connectivity index (χ2v) is 3.16. The molecule has 8 heteroatoms. The molecule has 0 fully saturated rings. The van der Waals surface area contributed by atoms with Gasteiger partial charge >= 0.3 is 0 Å². The first-order valence-corrected chi connectivity index (χ1v) is 4.56. The fourth-order valence-electron chi connectivity index (χ4n) is 0.991. The van der Waals surface area contributed by atoms with Crippen molar-refractivity contribution in [2.75, 3.05) is 5.32 Å². The molecule has 0 spiro atoms. The van der Waals surface area contributed by atoms with E-state index in [0.717, 1.165) is 0 Å². The molecule has 78 valence electrons. The third-order valence-corrected chi connectivity index (χ3v) is 1.76. The number of tetrazole rings is 1. The van der Waals surface area contributed by atoms with Gasteiger partial charge in [0.1, 0.15) is 11.0 Å². The van der Waals surface area contributed by atoms with Crippen LogP contribution in [0.25, 0.3) is 0 Å². The first kappa shape index (κ1) is 9.78. The average molecular weight is 226 g/mol. The second-order valence-electron chi connectivity index (χ2n) is 2.78. The molecule has 2 aromatic rings. The lowest BCUT2D eigenvalue weighted by molar-refractivity contribution is 0.628. The molecule has 0 bridgehead atoms. The molecule has 0 aliphatic rings. The molecule has 1 N–H and O–H groups in total. The Morgan fingerprint density at radius 1 is 1.47 bits per heavy atom. The van der Waals surface area contributed by atoms with Crippen LogP contribution in [0.5, 0.6) is 0 Å². The maximum absolute atomic E-state index is 5.67. The van der Waals surface area contributed by atoms with Gasteiger partial charge < -0.3 is 5.32 Å². The van der Waals surface area contributed by atoms with E-state index in [9.17, 15) is 0 Å². The maximum Gasteiger partial charge on any atom is 0.193 e. The van der Waals surface area contributed by atoms with Crippen LogP contribution >= 0.6 is 11.6 Å². The van der Waals surface area contributed by atoms with Crippen LogP contribution in [-0.4, -0.2) is 30.2 Å². The molecular formula is C7H8ClN7. The van der Waals surface area contributed by atoms with E-state index in [-0.39, 0.29) is 0 Å². The number of hydrogen-bond acceptors (Lipinski definition) is 6. The van der Waals surface area contributed by atoms with Crippen LogP contribution in [0.2, 0.25) is 5.15 Å². The van der Waals surface area contributed by atoms with E-state index >= 15 is 0 Å². The minimum absolute atomic E-state index is 0.340. The van der Waals surface area contributed by atoms with Crippen LogP contribution in [0.15, 0.2) is 12.4 Å². The van der Waals surface area contributed by atoms with E-state index in [1.807, 2.05) is 0 Å². The van der Waals surface area contributed by atoms with Crippen LogP contribution in [0, 0.1) is 0 Å². The van der Waals surface area contributed by atoms with Crippen molar-refractivity contribution >= 4 is 17.4 Å². The van der Waals surface area contributed by atoms with Gasteiger partial charge in [0.05, 0.1) is 26.0 Å². The summed E-state index contributed by atoms with van der Waals surface area (Å²) in [7, 11) is 1.70. The monoisotopic (exact) mass is 225 g/mol. The highest BCUT2D eigenvalue weighted by molar-refractivity contribution is 6.29. The van der Waals surface area contributed by atoms with Gasteiger partial charge in [0.2, 0.25) is 0 Å². The SMILES string of the molecule is Cn1nnc(CNc2cncc(Cl)n2)n1. The summed E-state index contributed by atoms with van der Waals surface area (Å²) >= 11 is 5.67. The van der Waals surface area contributed by atoms with Crippen molar-refractivity contribution < 1.29 is 0 Å². The number of nitrogens with one attached hydrogen (secondary N) is 1. The number of aromatic nitrogens is 6.